The molecule has 1 heterocycles. The minimum Gasteiger partial charge on any atom is -0.335 e. The monoisotopic (exact) mass is 246 g/mol. The number of thioether (sulfide) groups is 1. The predicted molar refractivity (Wildman–Crippen MR) is 64.4 cm³/mol. The summed E-state index contributed by atoms with van der Waals surface area (Å²) in [4.78, 5) is 4.17. The van der Waals surface area contributed by atoms with Gasteiger partial charge in [-0.1, -0.05) is 41.6 Å². The Morgan fingerprint density at radius 3 is 2.50 bits per heavy atom. The van der Waals surface area contributed by atoms with Crippen molar-refractivity contribution >= 4 is 45.8 Å². The molecule has 2 atom stereocenters. The second-order valence-electron chi connectivity index (χ2n) is 2.77. The number of aliphatic imine (C=N–C) groups is 1. The van der Waals surface area contributed by atoms with Crippen LogP contribution in [0.5, 0.6) is 0 Å². The standard InChI is InChI=1S/C9H8Cl2N2S/c10-7-8(11)14-9(13-7)12-6-4-2-1-3-5-6/h1-5,7-8H,(H,12,13)/t7-,8+/m0/s1. The second kappa shape index (κ2) is 4.43. The van der Waals surface area contributed by atoms with Crippen molar-refractivity contribution in [2.75, 3.05) is 5.32 Å². The van der Waals surface area contributed by atoms with Gasteiger partial charge in [0.1, 0.15) is 4.71 Å². The first-order valence-electron chi connectivity index (χ1n) is 4.10. The van der Waals surface area contributed by atoms with Gasteiger partial charge in [0.25, 0.3) is 0 Å². The molecule has 0 amide bonds. The molecule has 1 N–H and O–H groups in total. The van der Waals surface area contributed by atoms with Crippen LogP contribution in [0.1, 0.15) is 0 Å². The van der Waals surface area contributed by atoms with Crippen molar-refractivity contribution < 1.29 is 0 Å². The van der Waals surface area contributed by atoms with Gasteiger partial charge in [-0.05, 0) is 12.1 Å². The fourth-order valence-electron chi connectivity index (χ4n) is 1.07. The third kappa shape index (κ3) is 2.35. The molecule has 74 valence electrons. The first kappa shape index (κ1) is 10.1. The van der Waals surface area contributed by atoms with Crippen LogP contribution in [0.25, 0.3) is 0 Å². The van der Waals surface area contributed by atoms with E-state index in [-0.39, 0.29) is 10.2 Å². The summed E-state index contributed by atoms with van der Waals surface area (Å²) in [7, 11) is 0. The van der Waals surface area contributed by atoms with E-state index >= 15 is 0 Å². The quantitative estimate of drug-likeness (QED) is 0.608. The van der Waals surface area contributed by atoms with Gasteiger partial charge in [0.15, 0.2) is 10.7 Å². The Kier molecular flexibility index (Phi) is 3.21. The summed E-state index contributed by atoms with van der Waals surface area (Å²) >= 11 is 13.2. The summed E-state index contributed by atoms with van der Waals surface area (Å²) in [6.45, 7) is 0. The highest BCUT2D eigenvalue weighted by Crippen LogP contribution is 2.32. The average molecular weight is 247 g/mol. The van der Waals surface area contributed by atoms with E-state index < -0.39 is 0 Å². The number of hydrogen-bond acceptors (Lipinski definition) is 3. The van der Waals surface area contributed by atoms with E-state index in [4.69, 9.17) is 23.2 Å². The maximum absolute atomic E-state index is 5.90. The van der Waals surface area contributed by atoms with Gasteiger partial charge < -0.3 is 5.32 Å². The largest absolute Gasteiger partial charge is 0.335 e. The second-order valence-corrected chi connectivity index (χ2v) is 5.07. The smallest absolute Gasteiger partial charge is 0.164 e. The fourth-order valence-corrected chi connectivity index (χ4v) is 2.43. The lowest BCUT2D eigenvalue weighted by atomic mass is 10.3. The topological polar surface area (TPSA) is 24.4 Å². The number of alkyl halides is 2. The summed E-state index contributed by atoms with van der Waals surface area (Å²) in [5, 5.41) is 3.92. The predicted octanol–water partition coefficient (Wildman–Crippen LogP) is 3.33. The minimum atomic E-state index is -0.340. The lowest BCUT2D eigenvalue weighted by Gasteiger charge is -2.03. The minimum absolute atomic E-state index is 0.178. The molecule has 5 heteroatoms. The fraction of sp³-hybridized carbons (Fsp3) is 0.222. The zero-order valence-electron chi connectivity index (χ0n) is 7.15. The lowest BCUT2D eigenvalue weighted by molar-refractivity contribution is 1.02. The Morgan fingerprint density at radius 1 is 1.21 bits per heavy atom. The molecule has 0 spiro atoms. The Bertz CT molecular complexity index is 342. The van der Waals surface area contributed by atoms with E-state index in [0.717, 1.165) is 10.9 Å². The Hall–Kier alpha value is -0.380. The van der Waals surface area contributed by atoms with Gasteiger partial charge in [-0.25, -0.2) is 4.99 Å². The number of amidine groups is 1. The molecule has 0 fully saturated rings. The van der Waals surface area contributed by atoms with Crippen molar-refractivity contribution in [3.8, 4) is 0 Å². The molecule has 0 unspecified atom stereocenters. The highest BCUT2D eigenvalue weighted by Gasteiger charge is 2.26. The van der Waals surface area contributed by atoms with E-state index in [1.54, 1.807) is 0 Å². The van der Waals surface area contributed by atoms with Crippen molar-refractivity contribution in [1.29, 1.82) is 0 Å². The first-order chi connectivity index (χ1) is 6.75. The number of hydrogen-bond donors (Lipinski definition) is 1. The summed E-state index contributed by atoms with van der Waals surface area (Å²) in [6, 6.07) is 9.81. The lowest BCUT2D eigenvalue weighted by Crippen LogP contribution is -2.04. The highest BCUT2D eigenvalue weighted by molar-refractivity contribution is 8.16. The van der Waals surface area contributed by atoms with Gasteiger partial charge in [0.2, 0.25) is 0 Å². The van der Waals surface area contributed by atoms with E-state index in [2.05, 4.69) is 10.3 Å². The summed E-state index contributed by atoms with van der Waals surface area (Å²) in [6.07, 6.45) is 0. The van der Waals surface area contributed by atoms with Crippen LogP contribution in [-0.2, 0) is 0 Å². The molecule has 1 aromatic rings. The molecule has 0 bridgehead atoms. The van der Waals surface area contributed by atoms with Crippen molar-refractivity contribution in [1.82, 2.24) is 0 Å². The SMILES string of the molecule is Cl[C@@H]1SC(Nc2ccccc2)=N[C@@H]1Cl. The van der Waals surface area contributed by atoms with Crippen molar-refractivity contribution in [3.63, 3.8) is 0 Å². The number of anilines is 1. The third-order valence-corrected chi connectivity index (χ3v) is 3.75. The third-order valence-electron chi connectivity index (χ3n) is 1.71. The number of para-hydroxylation sites is 1. The number of rotatable bonds is 1. The van der Waals surface area contributed by atoms with E-state index in [1.165, 1.54) is 11.8 Å². The summed E-state index contributed by atoms with van der Waals surface area (Å²) in [5.41, 5.74) is 0.654. The molecule has 0 saturated carbocycles. The van der Waals surface area contributed by atoms with Crippen LogP contribution in [0.3, 0.4) is 0 Å². The Labute approximate surface area is 96.7 Å². The van der Waals surface area contributed by atoms with Crippen LogP contribution in [0.15, 0.2) is 35.3 Å². The van der Waals surface area contributed by atoms with Gasteiger partial charge in [-0.15, -0.1) is 11.6 Å². The average Bonchev–Trinajstić information content (AvgIpc) is 2.47. The van der Waals surface area contributed by atoms with Gasteiger partial charge in [0.05, 0.1) is 0 Å². The van der Waals surface area contributed by atoms with Crippen LogP contribution >= 0.6 is 35.0 Å². The van der Waals surface area contributed by atoms with Crippen molar-refractivity contribution in [2.45, 2.75) is 10.2 Å². The normalized spacial score (nSPS) is 26.0. The Balaban J connectivity index is 2.03. The van der Waals surface area contributed by atoms with Crippen molar-refractivity contribution in [2.24, 2.45) is 4.99 Å². The maximum Gasteiger partial charge on any atom is 0.164 e. The van der Waals surface area contributed by atoms with Crippen molar-refractivity contribution in [3.05, 3.63) is 30.3 Å². The maximum atomic E-state index is 5.90. The molecular weight excluding hydrogens is 239 g/mol. The zero-order chi connectivity index (χ0) is 9.97. The number of benzene rings is 1. The summed E-state index contributed by atoms with van der Waals surface area (Å²) in [5.74, 6) is 0. The molecule has 1 aliphatic heterocycles. The number of halogens is 2. The molecule has 0 radical (unpaired) electrons. The molecule has 0 aromatic heterocycles. The molecule has 0 aliphatic carbocycles. The molecule has 0 saturated heterocycles. The van der Waals surface area contributed by atoms with E-state index in [0.29, 0.717) is 0 Å². The van der Waals surface area contributed by atoms with E-state index in [9.17, 15) is 0 Å². The van der Waals surface area contributed by atoms with Crippen LogP contribution in [0.2, 0.25) is 0 Å². The molecule has 1 aromatic carbocycles. The van der Waals surface area contributed by atoms with Crippen LogP contribution < -0.4 is 5.32 Å². The number of nitrogens with zero attached hydrogens (tertiary/aromatic N) is 1. The molecule has 2 nitrogen and oxygen atoms in total. The highest BCUT2D eigenvalue weighted by atomic mass is 35.5. The molecule has 2 rings (SSSR count). The van der Waals surface area contributed by atoms with Crippen LogP contribution in [0.4, 0.5) is 5.69 Å². The molecule has 1 aliphatic rings. The molecule has 14 heavy (non-hydrogen) atoms. The summed E-state index contributed by atoms with van der Waals surface area (Å²) < 4.78 is -0.178. The van der Waals surface area contributed by atoms with E-state index in [1.807, 2.05) is 30.3 Å². The molecular formula is C9H8Cl2N2S. The number of nitrogens with one attached hydrogen (secondary N) is 1. The van der Waals surface area contributed by atoms with Crippen LogP contribution in [0, 0.1) is 0 Å². The van der Waals surface area contributed by atoms with Gasteiger partial charge in [-0.2, -0.15) is 0 Å². The van der Waals surface area contributed by atoms with Gasteiger partial charge >= 0.3 is 0 Å². The van der Waals surface area contributed by atoms with Gasteiger partial charge in [0, 0.05) is 5.69 Å². The zero-order valence-corrected chi connectivity index (χ0v) is 9.48. The van der Waals surface area contributed by atoms with Gasteiger partial charge in [-0.3, -0.25) is 0 Å². The van der Waals surface area contributed by atoms with Crippen LogP contribution in [-0.4, -0.2) is 15.4 Å². The Morgan fingerprint density at radius 2 is 1.93 bits per heavy atom. The first-order valence-corrected chi connectivity index (χ1v) is 5.85.